The Labute approximate surface area is 81.5 Å². The summed E-state index contributed by atoms with van der Waals surface area (Å²) < 4.78 is 5.20. The van der Waals surface area contributed by atoms with Crippen molar-refractivity contribution >= 4 is 5.71 Å². The largest absolute Gasteiger partial charge is 0.381 e. The minimum absolute atomic E-state index is 0.232. The molecule has 0 saturated heterocycles. The first kappa shape index (κ1) is 12.4. The van der Waals surface area contributed by atoms with E-state index in [1.165, 1.54) is 0 Å². The van der Waals surface area contributed by atoms with Gasteiger partial charge in [0.15, 0.2) is 0 Å². The second kappa shape index (κ2) is 6.84. The molecule has 0 aromatic carbocycles. The van der Waals surface area contributed by atoms with Crippen LogP contribution in [0, 0.1) is 11.3 Å². The maximum Gasteiger partial charge on any atom is 0.0572 e. The first-order valence-electron chi connectivity index (χ1n) is 4.88. The standard InChI is InChI=1S/C11H21NO/c1-5-6-7-11(12)8-9(2)10(3)13-4/h6-7,9-10,12H,5,8H2,1-4H3/b7-6-,12-11?/t9?,10-/m1/s1. The van der Waals surface area contributed by atoms with Crippen molar-refractivity contribution in [3.8, 4) is 0 Å². The summed E-state index contributed by atoms with van der Waals surface area (Å²) in [7, 11) is 1.71. The van der Waals surface area contributed by atoms with E-state index in [1.54, 1.807) is 7.11 Å². The molecule has 1 unspecified atom stereocenters. The van der Waals surface area contributed by atoms with Crippen LogP contribution in [-0.4, -0.2) is 18.9 Å². The number of rotatable bonds is 6. The molecule has 0 rings (SSSR count). The van der Waals surface area contributed by atoms with Gasteiger partial charge in [-0.1, -0.05) is 19.9 Å². The molecule has 0 spiro atoms. The Morgan fingerprint density at radius 3 is 2.54 bits per heavy atom. The summed E-state index contributed by atoms with van der Waals surface area (Å²) in [6.45, 7) is 6.23. The maximum absolute atomic E-state index is 7.65. The van der Waals surface area contributed by atoms with Crippen molar-refractivity contribution < 1.29 is 4.74 Å². The highest BCUT2D eigenvalue weighted by molar-refractivity contribution is 5.92. The highest BCUT2D eigenvalue weighted by Gasteiger charge is 2.11. The molecule has 0 fully saturated rings. The van der Waals surface area contributed by atoms with Crippen molar-refractivity contribution in [1.82, 2.24) is 0 Å². The molecular formula is C11H21NO. The molecule has 0 aliphatic carbocycles. The fourth-order valence-electron chi connectivity index (χ4n) is 1.07. The monoisotopic (exact) mass is 183 g/mol. The van der Waals surface area contributed by atoms with E-state index in [2.05, 4.69) is 13.8 Å². The molecule has 1 N–H and O–H groups in total. The summed E-state index contributed by atoms with van der Waals surface area (Å²) in [5.41, 5.74) is 0.693. The van der Waals surface area contributed by atoms with Gasteiger partial charge in [0, 0.05) is 12.8 Å². The van der Waals surface area contributed by atoms with Gasteiger partial charge in [0.2, 0.25) is 0 Å². The summed E-state index contributed by atoms with van der Waals surface area (Å²) >= 11 is 0. The molecule has 0 radical (unpaired) electrons. The van der Waals surface area contributed by atoms with Crippen LogP contribution < -0.4 is 0 Å². The van der Waals surface area contributed by atoms with Gasteiger partial charge in [-0.2, -0.15) is 0 Å². The van der Waals surface area contributed by atoms with Crippen molar-refractivity contribution in [1.29, 1.82) is 5.41 Å². The zero-order chi connectivity index (χ0) is 10.3. The topological polar surface area (TPSA) is 33.1 Å². The van der Waals surface area contributed by atoms with Gasteiger partial charge in [0.1, 0.15) is 0 Å². The zero-order valence-electron chi connectivity index (χ0n) is 9.13. The molecule has 13 heavy (non-hydrogen) atoms. The molecule has 0 aliphatic rings. The number of methoxy groups -OCH3 is 1. The van der Waals surface area contributed by atoms with Gasteiger partial charge in [-0.3, -0.25) is 0 Å². The molecule has 2 heteroatoms. The van der Waals surface area contributed by atoms with E-state index in [-0.39, 0.29) is 6.10 Å². The molecule has 0 saturated carbocycles. The third kappa shape index (κ3) is 5.58. The van der Waals surface area contributed by atoms with Gasteiger partial charge in [-0.15, -0.1) is 0 Å². The predicted molar refractivity (Wildman–Crippen MR) is 57.4 cm³/mol. The van der Waals surface area contributed by atoms with Crippen molar-refractivity contribution in [2.45, 2.75) is 39.7 Å². The minimum atomic E-state index is 0.232. The normalized spacial score (nSPS) is 16.0. The number of hydrogen-bond donors (Lipinski definition) is 1. The van der Waals surface area contributed by atoms with Gasteiger partial charge in [-0.05, 0) is 31.8 Å². The predicted octanol–water partition coefficient (Wildman–Crippen LogP) is 3.03. The lowest BCUT2D eigenvalue weighted by Gasteiger charge is -2.17. The van der Waals surface area contributed by atoms with E-state index in [0.717, 1.165) is 12.8 Å². The quantitative estimate of drug-likeness (QED) is 0.631. The van der Waals surface area contributed by atoms with E-state index >= 15 is 0 Å². The van der Waals surface area contributed by atoms with Crippen LogP contribution in [0.25, 0.3) is 0 Å². The number of hydrogen-bond acceptors (Lipinski definition) is 2. The van der Waals surface area contributed by atoms with Gasteiger partial charge in [-0.25, -0.2) is 0 Å². The fourth-order valence-corrected chi connectivity index (χ4v) is 1.07. The van der Waals surface area contributed by atoms with Crippen molar-refractivity contribution in [2.24, 2.45) is 5.92 Å². The van der Waals surface area contributed by atoms with E-state index in [0.29, 0.717) is 11.6 Å². The Kier molecular flexibility index (Phi) is 6.51. The average molecular weight is 183 g/mol. The van der Waals surface area contributed by atoms with E-state index < -0.39 is 0 Å². The van der Waals surface area contributed by atoms with Crippen LogP contribution in [0.4, 0.5) is 0 Å². The van der Waals surface area contributed by atoms with Crippen LogP contribution in [0.2, 0.25) is 0 Å². The average Bonchev–Trinajstić information content (AvgIpc) is 2.13. The second-order valence-electron chi connectivity index (χ2n) is 3.46. The number of allylic oxidation sites excluding steroid dienone is 2. The molecule has 0 aromatic rings. The third-order valence-corrected chi connectivity index (χ3v) is 2.27. The number of ether oxygens (including phenoxy) is 1. The lowest BCUT2D eigenvalue weighted by Crippen LogP contribution is -2.18. The highest BCUT2D eigenvalue weighted by Crippen LogP contribution is 2.11. The highest BCUT2D eigenvalue weighted by atomic mass is 16.5. The second-order valence-corrected chi connectivity index (χ2v) is 3.46. The van der Waals surface area contributed by atoms with Crippen molar-refractivity contribution in [3.63, 3.8) is 0 Å². The Morgan fingerprint density at radius 2 is 2.08 bits per heavy atom. The van der Waals surface area contributed by atoms with Gasteiger partial charge < -0.3 is 10.1 Å². The lowest BCUT2D eigenvalue weighted by atomic mass is 9.99. The minimum Gasteiger partial charge on any atom is -0.381 e. The van der Waals surface area contributed by atoms with Crippen LogP contribution in [0.15, 0.2) is 12.2 Å². The first-order valence-corrected chi connectivity index (χ1v) is 4.88. The van der Waals surface area contributed by atoms with Gasteiger partial charge >= 0.3 is 0 Å². The van der Waals surface area contributed by atoms with E-state index in [4.69, 9.17) is 10.1 Å². The summed E-state index contributed by atoms with van der Waals surface area (Å²) in [5.74, 6) is 0.416. The first-order chi connectivity index (χ1) is 6.11. The Bertz CT molecular complexity index is 175. The Morgan fingerprint density at radius 1 is 1.46 bits per heavy atom. The fraction of sp³-hybridized carbons (Fsp3) is 0.727. The van der Waals surface area contributed by atoms with Crippen LogP contribution in [0.3, 0.4) is 0 Å². The number of nitrogens with one attached hydrogen (secondary N) is 1. The smallest absolute Gasteiger partial charge is 0.0572 e. The Hall–Kier alpha value is -0.630. The summed E-state index contributed by atoms with van der Waals surface area (Å²) in [6, 6.07) is 0. The third-order valence-electron chi connectivity index (χ3n) is 2.27. The Balaban J connectivity index is 3.84. The molecule has 76 valence electrons. The summed E-state index contributed by atoms with van der Waals surface area (Å²) in [6.07, 6.45) is 5.93. The molecule has 0 amide bonds. The van der Waals surface area contributed by atoms with E-state index in [9.17, 15) is 0 Å². The summed E-state index contributed by atoms with van der Waals surface area (Å²) in [5, 5.41) is 7.65. The molecule has 0 bridgehead atoms. The van der Waals surface area contributed by atoms with Crippen LogP contribution in [-0.2, 0) is 4.74 Å². The molecule has 0 heterocycles. The molecule has 0 aromatic heterocycles. The molecule has 2 atom stereocenters. The van der Waals surface area contributed by atoms with Crippen molar-refractivity contribution in [3.05, 3.63) is 12.2 Å². The molecule has 0 aliphatic heterocycles. The molecular weight excluding hydrogens is 162 g/mol. The summed E-state index contributed by atoms with van der Waals surface area (Å²) in [4.78, 5) is 0. The van der Waals surface area contributed by atoms with Crippen LogP contribution >= 0.6 is 0 Å². The van der Waals surface area contributed by atoms with Gasteiger partial charge in [0.25, 0.3) is 0 Å². The zero-order valence-corrected chi connectivity index (χ0v) is 9.13. The SMILES string of the molecule is CC/C=C\C(=N)CC(C)[C@@H](C)OC. The van der Waals surface area contributed by atoms with E-state index in [1.807, 2.05) is 19.1 Å². The van der Waals surface area contributed by atoms with Crippen molar-refractivity contribution in [2.75, 3.05) is 7.11 Å². The van der Waals surface area contributed by atoms with Crippen LogP contribution in [0.5, 0.6) is 0 Å². The van der Waals surface area contributed by atoms with Crippen LogP contribution in [0.1, 0.15) is 33.6 Å². The molecule has 2 nitrogen and oxygen atoms in total. The lowest BCUT2D eigenvalue weighted by molar-refractivity contribution is 0.0763. The van der Waals surface area contributed by atoms with Gasteiger partial charge in [0.05, 0.1) is 6.10 Å². The maximum atomic E-state index is 7.65.